The maximum Gasteiger partial charge on any atom is 0.251 e. The molecular formula is C20H37IN4O2. The molecule has 3 atom stereocenters. The molecule has 0 aromatic rings. The van der Waals surface area contributed by atoms with Crippen LogP contribution in [0.4, 0.5) is 0 Å². The second-order valence-corrected chi connectivity index (χ2v) is 8.03. The number of nitrogens with zero attached hydrogens (tertiary/aromatic N) is 3. The van der Waals surface area contributed by atoms with Crippen molar-refractivity contribution in [1.82, 2.24) is 15.1 Å². The van der Waals surface area contributed by atoms with Crippen molar-refractivity contribution in [3.05, 3.63) is 0 Å². The molecule has 156 valence electrons. The number of amides is 1. The molecule has 0 aromatic heterocycles. The topological polar surface area (TPSA) is 57.2 Å². The first-order valence-corrected chi connectivity index (χ1v) is 10.6. The Morgan fingerprint density at radius 1 is 1.07 bits per heavy atom. The summed E-state index contributed by atoms with van der Waals surface area (Å²) in [7, 11) is 0. The quantitative estimate of drug-likeness (QED) is 0.373. The smallest absolute Gasteiger partial charge is 0.251 e. The van der Waals surface area contributed by atoms with Gasteiger partial charge in [0, 0.05) is 45.9 Å². The highest BCUT2D eigenvalue weighted by molar-refractivity contribution is 14.0. The van der Waals surface area contributed by atoms with Crippen molar-refractivity contribution in [2.24, 2.45) is 16.8 Å². The molecule has 2 heterocycles. The Labute approximate surface area is 181 Å². The zero-order chi connectivity index (χ0) is 18.4. The Morgan fingerprint density at radius 3 is 2.41 bits per heavy atom. The lowest BCUT2D eigenvalue weighted by Crippen LogP contribution is -2.55. The minimum atomic E-state index is -0.198. The zero-order valence-electron chi connectivity index (χ0n) is 17.0. The third kappa shape index (κ3) is 6.21. The molecule has 2 aliphatic heterocycles. The molecule has 6 nitrogen and oxygen atoms in total. The number of guanidine groups is 1. The van der Waals surface area contributed by atoms with Gasteiger partial charge in [0.15, 0.2) is 5.96 Å². The summed E-state index contributed by atoms with van der Waals surface area (Å²) >= 11 is 0. The van der Waals surface area contributed by atoms with E-state index in [9.17, 15) is 4.79 Å². The van der Waals surface area contributed by atoms with Crippen molar-refractivity contribution in [2.75, 3.05) is 45.9 Å². The van der Waals surface area contributed by atoms with Gasteiger partial charge in [0.1, 0.15) is 6.10 Å². The average Bonchev–Trinajstić information content (AvgIpc) is 3.21. The highest BCUT2D eigenvalue weighted by Gasteiger charge is 2.31. The Kier molecular flexibility index (Phi) is 9.62. The van der Waals surface area contributed by atoms with Crippen LogP contribution in [-0.4, -0.2) is 73.6 Å². The molecule has 27 heavy (non-hydrogen) atoms. The summed E-state index contributed by atoms with van der Waals surface area (Å²) in [6.45, 7) is 10.3. The summed E-state index contributed by atoms with van der Waals surface area (Å²) in [5, 5.41) is 3.45. The summed E-state index contributed by atoms with van der Waals surface area (Å²) in [6.07, 6.45) is 7.08. The first-order chi connectivity index (χ1) is 12.7. The zero-order valence-corrected chi connectivity index (χ0v) is 19.3. The molecule has 0 aromatic carbocycles. The number of aliphatic imine (C=N–C) groups is 1. The molecule has 2 saturated heterocycles. The third-order valence-electron chi connectivity index (χ3n) is 6.20. The predicted molar refractivity (Wildman–Crippen MR) is 120 cm³/mol. The summed E-state index contributed by atoms with van der Waals surface area (Å²) in [5.41, 5.74) is 0. The maximum atomic E-state index is 12.5. The lowest BCUT2D eigenvalue weighted by molar-refractivity contribution is -0.142. The monoisotopic (exact) mass is 492 g/mol. The molecule has 0 radical (unpaired) electrons. The Bertz CT molecular complexity index is 488. The van der Waals surface area contributed by atoms with E-state index in [1.54, 1.807) is 0 Å². The Balaban J connectivity index is 0.00000261. The van der Waals surface area contributed by atoms with E-state index in [0.29, 0.717) is 0 Å². The van der Waals surface area contributed by atoms with Gasteiger partial charge in [-0.25, -0.2) is 0 Å². The van der Waals surface area contributed by atoms with Gasteiger partial charge in [-0.1, -0.05) is 26.2 Å². The standard InChI is InChI=1S/C20H36N4O2.HI/c1-3-21-20(22-15-17-8-5-4-7-16(17)2)24-12-10-23(11-13-24)19(25)18-9-6-14-26-18;/h16-18H,3-15H2,1-2H3,(H,21,22);1H. The van der Waals surface area contributed by atoms with Crippen molar-refractivity contribution in [3.63, 3.8) is 0 Å². The molecular weight excluding hydrogens is 455 g/mol. The fraction of sp³-hybridized carbons (Fsp3) is 0.900. The SMILES string of the molecule is CCNC(=NCC1CCCCC1C)N1CCN(C(=O)C2CCCO2)CC1.I. The van der Waals surface area contributed by atoms with Crippen LogP contribution in [0.3, 0.4) is 0 Å². The van der Waals surface area contributed by atoms with Gasteiger partial charge in [-0.15, -0.1) is 24.0 Å². The molecule has 3 aliphatic rings. The molecule has 1 aliphatic carbocycles. The first kappa shape index (κ1) is 22.7. The van der Waals surface area contributed by atoms with Crippen molar-refractivity contribution in [2.45, 2.75) is 58.5 Å². The molecule has 3 fully saturated rings. The summed E-state index contributed by atoms with van der Waals surface area (Å²) in [4.78, 5) is 21.8. The average molecular weight is 492 g/mol. The number of hydrogen-bond donors (Lipinski definition) is 1. The van der Waals surface area contributed by atoms with Crippen LogP contribution in [-0.2, 0) is 9.53 Å². The molecule has 1 N–H and O–H groups in total. The van der Waals surface area contributed by atoms with Crippen LogP contribution in [0.5, 0.6) is 0 Å². The van der Waals surface area contributed by atoms with Crippen LogP contribution in [0.25, 0.3) is 0 Å². The van der Waals surface area contributed by atoms with Gasteiger partial charge >= 0.3 is 0 Å². The fourth-order valence-electron chi connectivity index (χ4n) is 4.41. The van der Waals surface area contributed by atoms with Gasteiger partial charge in [-0.05, 0) is 38.0 Å². The number of carbonyl (C=O) groups is 1. The highest BCUT2D eigenvalue weighted by Crippen LogP contribution is 2.29. The van der Waals surface area contributed by atoms with Crippen LogP contribution in [0, 0.1) is 11.8 Å². The van der Waals surface area contributed by atoms with Gasteiger partial charge in [0.2, 0.25) is 0 Å². The second kappa shape index (κ2) is 11.4. The number of ether oxygens (including phenoxy) is 1. The largest absolute Gasteiger partial charge is 0.368 e. The van der Waals surface area contributed by atoms with E-state index in [1.807, 2.05) is 4.90 Å². The van der Waals surface area contributed by atoms with Crippen molar-refractivity contribution in [3.8, 4) is 0 Å². The fourth-order valence-corrected chi connectivity index (χ4v) is 4.41. The summed E-state index contributed by atoms with van der Waals surface area (Å²) in [6, 6.07) is 0. The number of rotatable bonds is 4. The van der Waals surface area contributed by atoms with Crippen molar-refractivity contribution in [1.29, 1.82) is 0 Å². The van der Waals surface area contributed by atoms with E-state index in [2.05, 4.69) is 24.1 Å². The van der Waals surface area contributed by atoms with E-state index in [4.69, 9.17) is 9.73 Å². The molecule has 0 bridgehead atoms. The molecule has 3 unspecified atom stereocenters. The molecule has 7 heteroatoms. The summed E-state index contributed by atoms with van der Waals surface area (Å²) < 4.78 is 5.56. The number of carbonyl (C=O) groups excluding carboxylic acids is 1. The lowest BCUT2D eigenvalue weighted by Gasteiger charge is -2.37. The van der Waals surface area contributed by atoms with Crippen molar-refractivity contribution < 1.29 is 9.53 Å². The normalized spacial score (nSPS) is 29.4. The lowest BCUT2D eigenvalue weighted by atomic mass is 9.80. The van der Waals surface area contributed by atoms with E-state index >= 15 is 0 Å². The number of hydrogen-bond acceptors (Lipinski definition) is 3. The number of halogens is 1. The predicted octanol–water partition coefficient (Wildman–Crippen LogP) is 2.72. The van der Waals surface area contributed by atoms with Gasteiger partial charge in [0.25, 0.3) is 5.91 Å². The van der Waals surface area contributed by atoms with Gasteiger partial charge < -0.3 is 19.9 Å². The Morgan fingerprint density at radius 2 is 1.78 bits per heavy atom. The second-order valence-electron chi connectivity index (χ2n) is 8.03. The maximum absolute atomic E-state index is 12.5. The van der Waals surface area contributed by atoms with Crippen LogP contribution >= 0.6 is 24.0 Å². The van der Waals surface area contributed by atoms with Crippen LogP contribution < -0.4 is 5.32 Å². The molecule has 1 amide bonds. The minimum absolute atomic E-state index is 0. The third-order valence-corrected chi connectivity index (χ3v) is 6.20. The Hall–Kier alpha value is -0.570. The first-order valence-electron chi connectivity index (χ1n) is 10.6. The van der Waals surface area contributed by atoms with Gasteiger partial charge in [-0.2, -0.15) is 0 Å². The van der Waals surface area contributed by atoms with E-state index in [0.717, 1.165) is 76.5 Å². The minimum Gasteiger partial charge on any atom is -0.368 e. The van der Waals surface area contributed by atoms with Crippen molar-refractivity contribution >= 4 is 35.8 Å². The van der Waals surface area contributed by atoms with Gasteiger partial charge in [-0.3, -0.25) is 9.79 Å². The van der Waals surface area contributed by atoms with Gasteiger partial charge in [0.05, 0.1) is 0 Å². The van der Waals surface area contributed by atoms with E-state index in [-0.39, 0.29) is 36.0 Å². The molecule has 3 rings (SSSR count). The van der Waals surface area contributed by atoms with Crippen LogP contribution in [0.15, 0.2) is 4.99 Å². The van der Waals surface area contributed by atoms with E-state index in [1.165, 1.54) is 25.7 Å². The van der Waals surface area contributed by atoms with E-state index < -0.39 is 0 Å². The van der Waals surface area contributed by atoms with Crippen LogP contribution in [0.2, 0.25) is 0 Å². The number of nitrogens with one attached hydrogen (secondary N) is 1. The highest BCUT2D eigenvalue weighted by atomic mass is 127. The number of piperazine rings is 1. The van der Waals surface area contributed by atoms with Crippen LogP contribution in [0.1, 0.15) is 52.4 Å². The summed E-state index contributed by atoms with van der Waals surface area (Å²) in [5.74, 6) is 2.71. The molecule has 0 spiro atoms. The molecule has 1 saturated carbocycles.